The molecule has 134 valence electrons. The SMILES string of the molecule is CN=C(NCCCOC1CCCC1)N1CCC2(CCCC2)C1.I. The Labute approximate surface area is 158 Å². The summed E-state index contributed by atoms with van der Waals surface area (Å²) in [4.78, 5) is 6.97. The molecular formula is C18H34IN3O. The van der Waals surface area contributed by atoms with Crippen molar-refractivity contribution in [1.29, 1.82) is 0 Å². The number of hydrogen-bond acceptors (Lipinski definition) is 2. The van der Waals surface area contributed by atoms with E-state index in [0.717, 1.165) is 25.5 Å². The maximum Gasteiger partial charge on any atom is 0.193 e. The zero-order valence-corrected chi connectivity index (χ0v) is 17.0. The van der Waals surface area contributed by atoms with Gasteiger partial charge in [0.25, 0.3) is 0 Å². The fourth-order valence-corrected chi connectivity index (χ4v) is 4.56. The van der Waals surface area contributed by atoms with Crippen LogP contribution in [0.1, 0.15) is 64.2 Å². The zero-order chi connectivity index (χ0) is 15.3. The molecule has 3 aliphatic rings. The zero-order valence-electron chi connectivity index (χ0n) is 14.7. The van der Waals surface area contributed by atoms with E-state index in [0.29, 0.717) is 11.5 Å². The Kier molecular flexibility index (Phi) is 7.92. The van der Waals surface area contributed by atoms with Gasteiger partial charge in [-0.05, 0) is 43.9 Å². The minimum atomic E-state index is 0. The molecule has 0 unspecified atom stereocenters. The third-order valence-corrected chi connectivity index (χ3v) is 5.87. The molecule has 5 heteroatoms. The van der Waals surface area contributed by atoms with Gasteiger partial charge < -0.3 is 15.0 Å². The fourth-order valence-electron chi connectivity index (χ4n) is 4.56. The van der Waals surface area contributed by atoms with Crippen molar-refractivity contribution in [2.75, 3.05) is 33.3 Å². The molecule has 1 saturated heterocycles. The largest absolute Gasteiger partial charge is 0.378 e. The number of hydrogen-bond donors (Lipinski definition) is 1. The number of aliphatic imine (C=N–C) groups is 1. The van der Waals surface area contributed by atoms with Crippen LogP contribution in [-0.2, 0) is 4.74 Å². The standard InChI is InChI=1S/C18H33N3O.HI/c1-19-17(20-12-6-14-22-16-7-2-3-8-16)21-13-11-18(15-21)9-4-5-10-18;/h16H,2-15H2,1H3,(H,19,20);1H. The lowest BCUT2D eigenvalue weighted by Crippen LogP contribution is -2.41. The highest BCUT2D eigenvalue weighted by Gasteiger charge is 2.40. The lowest BCUT2D eigenvalue weighted by atomic mass is 9.86. The topological polar surface area (TPSA) is 36.9 Å². The Bertz CT molecular complexity index is 376. The molecule has 0 aromatic carbocycles. The van der Waals surface area contributed by atoms with Crippen LogP contribution >= 0.6 is 24.0 Å². The summed E-state index contributed by atoms with van der Waals surface area (Å²) in [6.07, 6.45) is 13.9. The molecule has 0 aromatic rings. The molecule has 1 N–H and O–H groups in total. The van der Waals surface area contributed by atoms with Gasteiger partial charge in [-0.15, -0.1) is 24.0 Å². The first-order valence-electron chi connectivity index (χ1n) is 9.39. The predicted molar refractivity (Wildman–Crippen MR) is 107 cm³/mol. The quantitative estimate of drug-likeness (QED) is 0.309. The molecule has 23 heavy (non-hydrogen) atoms. The van der Waals surface area contributed by atoms with Gasteiger partial charge in [0.1, 0.15) is 0 Å². The van der Waals surface area contributed by atoms with Crippen molar-refractivity contribution in [3.8, 4) is 0 Å². The molecule has 2 aliphatic carbocycles. The van der Waals surface area contributed by atoms with Gasteiger partial charge in [0.2, 0.25) is 0 Å². The maximum atomic E-state index is 5.93. The van der Waals surface area contributed by atoms with Crippen LogP contribution < -0.4 is 5.32 Å². The second-order valence-corrected chi connectivity index (χ2v) is 7.48. The van der Waals surface area contributed by atoms with Gasteiger partial charge in [0.15, 0.2) is 5.96 Å². The third-order valence-electron chi connectivity index (χ3n) is 5.87. The number of halogens is 1. The number of guanidine groups is 1. The van der Waals surface area contributed by atoms with Gasteiger partial charge in [-0.3, -0.25) is 4.99 Å². The Morgan fingerprint density at radius 3 is 2.61 bits per heavy atom. The first-order valence-corrected chi connectivity index (χ1v) is 9.39. The van der Waals surface area contributed by atoms with Gasteiger partial charge in [-0.25, -0.2) is 0 Å². The summed E-state index contributed by atoms with van der Waals surface area (Å²) < 4.78 is 5.93. The minimum absolute atomic E-state index is 0. The summed E-state index contributed by atoms with van der Waals surface area (Å²) in [5, 5.41) is 3.54. The van der Waals surface area contributed by atoms with Gasteiger partial charge in [-0.2, -0.15) is 0 Å². The highest BCUT2D eigenvalue weighted by Crippen LogP contribution is 2.45. The second-order valence-electron chi connectivity index (χ2n) is 7.48. The molecule has 0 bridgehead atoms. The van der Waals surface area contributed by atoms with Crippen molar-refractivity contribution in [3.05, 3.63) is 0 Å². The van der Waals surface area contributed by atoms with E-state index >= 15 is 0 Å². The van der Waals surface area contributed by atoms with Gasteiger partial charge in [0, 0.05) is 33.3 Å². The van der Waals surface area contributed by atoms with Crippen LogP contribution in [0.4, 0.5) is 0 Å². The Morgan fingerprint density at radius 2 is 1.91 bits per heavy atom. The number of likely N-dealkylation sites (tertiary alicyclic amines) is 1. The third kappa shape index (κ3) is 5.21. The monoisotopic (exact) mass is 435 g/mol. The molecular weight excluding hydrogens is 401 g/mol. The second kappa shape index (κ2) is 9.44. The van der Waals surface area contributed by atoms with Crippen LogP contribution in [-0.4, -0.2) is 50.3 Å². The summed E-state index contributed by atoms with van der Waals surface area (Å²) in [6, 6.07) is 0. The van der Waals surface area contributed by atoms with E-state index in [-0.39, 0.29) is 24.0 Å². The average molecular weight is 435 g/mol. The van der Waals surface area contributed by atoms with Gasteiger partial charge >= 0.3 is 0 Å². The lowest BCUT2D eigenvalue weighted by Gasteiger charge is -2.26. The summed E-state index contributed by atoms with van der Waals surface area (Å²) in [6.45, 7) is 4.25. The first kappa shape index (κ1) is 19.3. The summed E-state index contributed by atoms with van der Waals surface area (Å²) in [7, 11) is 1.91. The molecule has 4 nitrogen and oxygen atoms in total. The Morgan fingerprint density at radius 1 is 1.17 bits per heavy atom. The van der Waals surface area contributed by atoms with Crippen molar-refractivity contribution in [1.82, 2.24) is 10.2 Å². The molecule has 0 amide bonds. The molecule has 0 atom stereocenters. The lowest BCUT2D eigenvalue weighted by molar-refractivity contribution is 0.0573. The van der Waals surface area contributed by atoms with Crippen LogP contribution in [0.5, 0.6) is 0 Å². The summed E-state index contributed by atoms with van der Waals surface area (Å²) in [5.41, 5.74) is 0.614. The number of nitrogens with zero attached hydrogens (tertiary/aromatic N) is 2. The van der Waals surface area contributed by atoms with Crippen LogP contribution in [0.15, 0.2) is 4.99 Å². The number of ether oxygens (including phenoxy) is 1. The van der Waals surface area contributed by atoms with E-state index < -0.39 is 0 Å². The van der Waals surface area contributed by atoms with Crippen LogP contribution in [0.3, 0.4) is 0 Å². The molecule has 2 saturated carbocycles. The predicted octanol–water partition coefficient (Wildman–Crippen LogP) is 3.80. The van der Waals surface area contributed by atoms with E-state index in [1.807, 2.05) is 7.05 Å². The van der Waals surface area contributed by atoms with Crippen molar-refractivity contribution in [2.24, 2.45) is 10.4 Å². The van der Waals surface area contributed by atoms with Crippen molar-refractivity contribution in [2.45, 2.75) is 70.3 Å². The molecule has 0 aromatic heterocycles. The maximum absolute atomic E-state index is 5.93. The smallest absolute Gasteiger partial charge is 0.193 e. The van der Waals surface area contributed by atoms with E-state index in [2.05, 4.69) is 15.2 Å². The molecule has 1 aliphatic heterocycles. The summed E-state index contributed by atoms with van der Waals surface area (Å²) in [5.74, 6) is 1.10. The van der Waals surface area contributed by atoms with Crippen molar-refractivity contribution >= 4 is 29.9 Å². The van der Waals surface area contributed by atoms with Crippen molar-refractivity contribution in [3.63, 3.8) is 0 Å². The van der Waals surface area contributed by atoms with Crippen LogP contribution in [0.25, 0.3) is 0 Å². The average Bonchev–Trinajstić information content (AvgIpc) is 3.27. The Hall–Kier alpha value is -0.0400. The van der Waals surface area contributed by atoms with Gasteiger partial charge in [-0.1, -0.05) is 25.7 Å². The number of nitrogens with one attached hydrogen (secondary N) is 1. The summed E-state index contributed by atoms with van der Waals surface area (Å²) >= 11 is 0. The minimum Gasteiger partial charge on any atom is -0.378 e. The van der Waals surface area contributed by atoms with Crippen LogP contribution in [0, 0.1) is 5.41 Å². The van der Waals surface area contributed by atoms with E-state index in [9.17, 15) is 0 Å². The van der Waals surface area contributed by atoms with Crippen LogP contribution in [0.2, 0.25) is 0 Å². The molecule has 3 fully saturated rings. The molecule has 1 heterocycles. The molecule has 3 rings (SSSR count). The Balaban J connectivity index is 0.00000192. The van der Waals surface area contributed by atoms with Crippen molar-refractivity contribution < 1.29 is 4.74 Å². The highest BCUT2D eigenvalue weighted by atomic mass is 127. The highest BCUT2D eigenvalue weighted by molar-refractivity contribution is 14.0. The fraction of sp³-hybridized carbons (Fsp3) is 0.944. The molecule has 1 spiro atoms. The van der Waals surface area contributed by atoms with Gasteiger partial charge in [0.05, 0.1) is 6.10 Å². The first-order chi connectivity index (χ1) is 10.8. The normalized spacial score (nSPS) is 24.4. The molecule has 0 radical (unpaired) electrons. The van der Waals surface area contributed by atoms with E-state index in [1.54, 1.807) is 0 Å². The number of rotatable bonds is 5. The van der Waals surface area contributed by atoms with E-state index in [4.69, 9.17) is 4.74 Å². The van der Waals surface area contributed by atoms with E-state index in [1.165, 1.54) is 70.9 Å².